The first kappa shape index (κ1) is 29.0. The number of imidazole rings is 1. The van der Waals surface area contributed by atoms with Crippen molar-refractivity contribution in [2.75, 3.05) is 6.54 Å². The zero-order valence-corrected chi connectivity index (χ0v) is 24.8. The lowest BCUT2D eigenvalue weighted by Gasteiger charge is -2.24. The molecule has 5 aromatic rings. The first-order chi connectivity index (χ1) is 20.1. The topological polar surface area (TPSA) is 108 Å². The predicted molar refractivity (Wildman–Crippen MR) is 161 cm³/mol. The molecule has 0 N–H and O–H groups in total. The molecular formula is C33H33N4O4S-. The monoisotopic (exact) mass is 581 g/mol. The first-order valence-electron chi connectivity index (χ1n) is 13.9. The molecule has 9 heteroatoms. The molecule has 0 bridgehead atoms. The molecule has 216 valence electrons. The van der Waals surface area contributed by atoms with Gasteiger partial charge in [0.05, 0.1) is 16.1 Å². The van der Waals surface area contributed by atoms with Crippen LogP contribution in [0.15, 0.2) is 89.8 Å². The van der Waals surface area contributed by atoms with Crippen molar-refractivity contribution in [3.8, 4) is 5.69 Å². The summed E-state index contributed by atoms with van der Waals surface area (Å²) < 4.78 is 28.6. The molecule has 3 aromatic carbocycles. The van der Waals surface area contributed by atoms with Crippen molar-refractivity contribution in [2.45, 2.75) is 51.3 Å². The first-order valence-corrected chi connectivity index (χ1v) is 15.4. The van der Waals surface area contributed by atoms with Crippen LogP contribution in [0.5, 0.6) is 0 Å². The van der Waals surface area contributed by atoms with E-state index in [2.05, 4.69) is 21.7 Å². The SMILES string of the molecule is Cc1ccc(S(=O)(=O)N(CCc2ccc(-n3c(CCCc4ccccc4)nc4c(C)nc(C)cc43)cc2)C(=O)[O-])cc1. The van der Waals surface area contributed by atoms with Crippen molar-refractivity contribution in [1.82, 2.24) is 18.8 Å². The summed E-state index contributed by atoms with van der Waals surface area (Å²) in [5, 5.41) is 11.8. The zero-order chi connectivity index (χ0) is 29.9. The molecule has 0 radical (unpaired) electrons. The van der Waals surface area contributed by atoms with Crippen LogP contribution in [0.2, 0.25) is 0 Å². The summed E-state index contributed by atoms with van der Waals surface area (Å²) in [5.74, 6) is 0.941. The van der Waals surface area contributed by atoms with Gasteiger partial charge in [-0.3, -0.25) is 13.9 Å². The summed E-state index contributed by atoms with van der Waals surface area (Å²) in [6, 6.07) is 26.2. The maximum absolute atomic E-state index is 13.0. The Morgan fingerprint density at radius 1 is 0.833 bits per heavy atom. The average molecular weight is 582 g/mol. The van der Waals surface area contributed by atoms with Crippen molar-refractivity contribution < 1.29 is 18.3 Å². The molecule has 0 saturated heterocycles. The molecule has 0 saturated carbocycles. The highest BCUT2D eigenvalue weighted by Crippen LogP contribution is 2.26. The van der Waals surface area contributed by atoms with Crippen molar-refractivity contribution >= 4 is 27.1 Å². The van der Waals surface area contributed by atoms with Crippen LogP contribution in [0.4, 0.5) is 4.79 Å². The molecule has 0 atom stereocenters. The molecule has 0 aliphatic heterocycles. The van der Waals surface area contributed by atoms with Crippen molar-refractivity contribution in [3.05, 3.63) is 119 Å². The Hall–Kier alpha value is -4.50. The molecule has 2 heterocycles. The Morgan fingerprint density at radius 2 is 1.50 bits per heavy atom. The lowest BCUT2D eigenvalue weighted by molar-refractivity contribution is -0.259. The number of pyridine rings is 1. The number of nitrogens with zero attached hydrogens (tertiary/aromatic N) is 4. The van der Waals surface area contributed by atoms with Gasteiger partial charge in [0, 0.05) is 24.3 Å². The van der Waals surface area contributed by atoms with Crippen LogP contribution in [0.3, 0.4) is 0 Å². The maximum Gasteiger partial charge on any atom is 0.265 e. The van der Waals surface area contributed by atoms with E-state index in [1.807, 2.05) is 69.3 Å². The number of fused-ring (bicyclic) bond motifs is 1. The second-order valence-corrected chi connectivity index (χ2v) is 12.4. The molecule has 5 rings (SSSR count). The second-order valence-electron chi connectivity index (χ2n) is 10.5. The predicted octanol–water partition coefficient (Wildman–Crippen LogP) is 5.10. The van der Waals surface area contributed by atoms with Gasteiger partial charge < -0.3 is 9.90 Å². The Balaban J connectivity index is 1.38. The fourth-order valence-corrected chi connectivity index (χ4v) is 6.43. The number of sulfonamides is 1. The summed E-state index contributed by atoms with van der Waals surface area (Å²) in [6.07, 6.45) is 1.11. The molecule has 0 spiro atoms. The second kappa shape index (κ2) is 12.2. The molecule has 0 aliphatic carbocycles. The maximum atomic E-state index is 13.0. The number of hydrogen-bond acceptors (Lipinski definition) is 6. The van der Waals surface area contributed by atoms with Crippen LogP contribution >= 0.6 is 0 Å². The smallest absolute Gasteiger partial charge is 0.265 e. The minimum atomic E-state index is -4.25. The number of carbonyl (C=O) groups excluding carboxylic acids is 1. The van der Waals surface area contributed by atoms with Gasteiger partial charge in [-0.25, -0.2) is 13.4 Å². The molecule has 8 nitrogen and oxygen atoms in total. The lowest BCUT2D eigenvalue weighted by atomic mass is 10.1. The van der Waals surface area contributed by atoms with Gasteiger partial charge in [-0.2, -0.15) is 0 Å². The molecule has 0 fully saturated rings. The third kappa shape index (κ3) is 6.21. The van der Waals surface area contributed by atoms with Gasteiger partial charge in [-0.1, -0.05) is 60.2 Å². The van der Waals surface area contributed by atoms with Gasteiger partial charge in [0.2, 0.25) is 0 Å². The standard InChI is InChI=1S/C33H34N4O4S/c1-23-12-18-29(19-13-23)42(40,41)36(33(38)39)21-20-27-14-16-28(17-15-27)37-30-22-24(2)34-25(3)32(30)35-31(37)11-7-10-26-8-5-4-6-9-26/h4-6,8-9,12-19,22H,7,10-11,20-21H2,1-3H3,(H,38,39)/p-1. The van der Waals surface area contributed by atoms with Crippen LogP contribution < -0.4 is 5.11 Å². The number of benzene rings is 3. The van der Waals surface area contributed by atoms with Gasteiger partial charge in [0.1, 0.15) is 11.3 Å². The number of carboxylic acid groups (broad SMARTS) is 1. The van der Waals surface area contributed by atoms with Crippen molar-refractivity contribution in [1.29, 1.82) is 0 Å². The number of aryl methyl sites for hydroxylation is 5. The molecule has 0 aliphatic rings. The van der Waals surface area contributed by atoms with E-state index in [1.54, 1.807) is 12.1 Å². The van der Waals surface area contributed by atoms with Gasteiger partial charge in [0.25, 0.3) is 10.0 Å². The minimum absolute atomic E-state index is 0.0838. The highest BCUT2D eigenvalue weighted by atomic mass is 32.2. The Kier molecular flexibility index (Phi) is 8.40. The summed E-state index contributed by atoms with van der Waals surface area (Å²) >= 11 is 0. The normalized spacial score (nSPS) is 11.6. The summed E-state index contributed by atoms with van der Waals surface area (Å²) in [6.45, 7) is 5.52. The van der Waals surface area contributed by atoms with E-state index in [9.17, 15) is 18.3 Å². The van der Waals surface area contributed by atoms with Gasteiger partial charge in [-0.05, 0) is 81.5 Å². The quantitative estimate of drug-likeness (QED) is 0.227. The van der Waals surface area contributed by atoms with Gasteiger partial charge >= 0.3 is 0 Å². The molecule has 1 amide bonds. The zero-order valence-electron chi connectivity index (χ0n) is 23.9. The van der Waals surface area contributed by atoms with Crippen LogP contribution in [0.25, 0.3) is 16.7 Å². The average Bonchev–Trinajstić information content (AvgIpc) is 3.32. The third-order valence-electron chi connectivity index (χ3n) is 7.33. The Labute approximate surface area is 246 Å². The largest absolute Gasteiger partial charge is 0.529 e. The lowest BCUT2D eigenvalue weighted by Crippen LogP contribution is -2.45. The number of hydrogen-bond donors (Lipinski definition) is 0. The third-order valence-corrected chi connectivity index (χ3v) is 9.11. The summed E-state index contributed by atoms with van der Waals surface area (Å²) in [7, 11) is -4.25. The number of amides is 1. The highest BCUT2D eigenvalue weighted by molar-refractivity contribution is 7.89. The van der Waals surface area contributed by atoms with E-state index in [-0.39, 0.29) is 17.9 Å². The summed E-state index contributed by atoms with van der Waals surface area (Å²) in [4.78, 5) is 21.3. The Morgan fingerprint density at radius 3 is 2.17 bits per heavy atom. The van der Waals surface area contributed by atoms with Crippen LogP contribution in [-0.2, 0) is 29.3 Å². The number of aromatic nitrogens is 3. The number of carbonyl (C=O) groups is 1. The van der Waals surface area contributed by atoms with Gasteiger partial charge in [0.15, 0.2) is 6.09 Å². The molecule has 2 aromatic heterocycles. The van der Waals surface area contributed by atoms with Crippen LogP contribution in [0.1, 0.15) is 40.3 Å². The fourth-order valence-electron chi connectivity index (χ4n) is 5.17. The molecule has 0 unspecified atom stereocenters. The number of rotatable bonds is 10. The Bertz CT molecular complexity index is 1810. The van der Waals surface area contributed by atoms with Crippen molar-refractivity contribution in [3.63, 3.8) is 0 Å². The van der Waals surface area contributed by atoms with Gasteiger partial charge in [-0.15, -0.1) is 0 Å². The van der Waals surface area contributed by atoms with E-state index in [4.69, 9.17) is 4.98 Å². The van der Waals surface area contributed by atoms with Crippen LogP contribution in [0, 0.1) is 20.8 Å². The van der Waals surface area contributed by atoms with E-state index in [0.29, 0.717) is 4.31 Å². The minimum Gasteiger partial charge on any atom is -0.529 e. The van der Waals surface area contributed by atoms with E-state index >= 15 is 0 Å². The highest BCUT2D eigenvalue weighted by Gasteiger charge is 2.24. The van der Waals surface area contributed by atoms with E-state index in [1.165, 1.54) is 17.7 Å². The van der Waals surface area contributed by atoms with E-state index in [0.717, 1.165) is 64.3 Å². The fraction of sp³-hybridized carbons (Fsp3) is 0.242. The summed E-state index contributed by atoms with van der Waals surface area (Å²) in [5.41, 5.74) is 7.51. The van der Waals surface area contributed by atoms with Crippen LogP contribution in [-0.4, -0.2) is 39.9 Å². The molecular weight excluding hydrogens is 548 g/mol. The molecule has 42 heavy (non-hydrogen) atoms. The van der Waals surface area contributed by atoms with Crippen molar-refractivity contribution in [2.24, 2.45) is 0 Å². The van der Waals surface area contributed by atoms with E-state index < -0.39 is 16.1 Å².